The van der Waals surface area contributed by atoms with Crippen LogP contribution in [0.4, 0.5) is 14.6 Å². The first-order valence-corrected chi connectivity index (χ1v) is 7.64. The Morgan fingerprint density at radius 3 is 2.65 bits per heavy atom. The maximum Gasteiger partial charge on any atom is 0.219 e. The van der Waals surface area contributed by atoms with Gasteiger partial charge in [0, 0.05) is 28.9 Å². The van der Waals surface area contributed by atoms with Gasteiger partial charge in [-0.2, -0.15) is 5.10 Å². The van der Waals surface area contributed by atoms with Crippen LogP contribution in [0.1, 0.15) is 17.8 Å². The van der Waals surface area contributed by atoms with E-state index in [4.69, 9.17) is 16.3 Å². The topological polar surface area (TPSA) is 130 Å². The third-order valence-corrected chi connectivity index (χ3v) is 3.56. The van der Waals surface area contributed by atoms with E-state index in [1.54, 1.807) is 13.0 Å². The van der Waals surface area contributed by atoms with Gasteiger partial charge in [-0.15, -0.1) is 5.10 Å². The molecule has 1 aromatic carbocycles. The third-order valence-electron chi connectivity index (χ3n) is 3.56. The first-order valence-electron chi connectivity index (χ1n) is 7.64. The van der Waals surface area contributed by atoms with Crippen molar-refractivity contribution in [3.63, 3.8) is 0 Å². The summed E-state index contributed by atoms with van der Waals surface area (Å²) in [6.45, 7) is 3.51. The monoisotopic (exact) mass is 361 g/mol. The predicted octanol–water partition coefficient (Wildman–Crippen LogP) is 2.52. The molecule has 0 bridgehead atoms. The van der Waals surface area contributed by atoms with Crippen LogP contribution < -0.4 is 16.3 Å². The second-order valence-electron chi connectivity index (χ2n) is 5.73. The molecule has 0 fully saturated rings. The minimum atomic E-state index is -0.731. The van der Waals surface area contributed by atoms with Gasteiger partial charge in [-0.25, -0.2) is 13.8 Å². The third kappa shape index (κ3) is 3.48. The molecule has 0 radical (unpaired) electrons. The number of nitrogens with one attached hydrogen (secondary N) is 2. The van der Waals surface area contributed by atoms with Gasteiger partial charge in [0.15, 0.2) is 23.2 Å². The summed E-state index contributed by atoms with van der Waals surface area (Å²) in [6, 6.07) is 4.09. The van der Waals surface area contributed by atoms with Crippen molar-refractivity contribution in [3.05, 3.63) is 41.2 Å². The summed E-state index contributed by atoms with van der Waals surface area (Å²) < 4.78 is 34.0. The maximum absolute atomic E-state index is 14.6. The highest BCUT2D eigenvalue weighted by molar-refractivity contribution is 6.00. The molecule has 0 spiro atoms. The van der Waals surface area contributed by atoms with E-state index in [1.165, 1.54) is 6.07 Å². The van der Waals surface area contributed by atoms with Crippen LogP contribution in [0.3, 0.4) is 0 Å². The highest BCUT2D eigenvalue weighted by Gasteiger charge is 2.18. The van der Waals surface area contributed by atoms with Crippen LogP contribution in [0.25, 0.3) is 10.9 Å². The van der Waals surface area contributed by atoms with Crippen molar-refractivity contribution in [2.45, 2.75) is 20.3 Å². The number of H-pyrrole nitrogens is 2. The smallest absolute Gasteiger partial charge is 0.219 e. The lowest BCUT2D eigenvalue weighted by Crippen LogP contribution is -2.22. The first kappa shape index (κ1) is 17.4. The number of aliphatic imine (C=N–C) groups is 1. The fraction of sp³-hybridized carbons (Fsp3) is 0.188. The number of rotatable bonds is 4. The van der Waals surface area contributed by atoms with Crippen LogP contribution in [0.2, 0.25) is 0 Å². The summed E-state index contributed by atoms with van der Waals surface area (Å²) >= 11 is 0. The SMILES string of the molecule is Cc1cc(N=C(N)C/C(=N/N)Oc2cc(F)c3[nH]c(C)cc3c2F)n[nH]1. The van der Waals surface area contributed by atoms with E-state index in [-0.39, 0.29) is 34.8 Å². The fourth-order valence-electron chi connectivity index (χ4n) is 2.45. The number of hydrazone groups is 1. The van der Waals surface area contributed by atoms with Crippen LogP contribution in [0.15, 0.2) is 28.3 Å². The summed E-state index contributed by atoms with van der Waals surface area (Å²) in [5.74, 6) is 3.89. The van der Waals surface area contributed by atoms with Gasteiger partial charge in [0.1, 0.15) is 5.84 Å². The molecule has 2 aromatic heterocycles. The van der Waals surface area contributed by atoms with Crippen LogP contribution in [0, 0.1) is 25.5 Å². The minimum Gasteiger partial charge on any atom is -0.438 e. The van der Waals surface area contributed by atoms with Gasteiger partial charge in [0.05, 0.1) is 11.9 Å². The van der Waals surface area contributed by atoms with Gasteiger partial charge in [-0.3, -0.25) is 5.10 Å². The van der Waals surface area contributed by atoms with Crippen LogP contribution >= 0.6 is 0 Å². The summed E-state index contributed by atoms with van der Waals surface area (Å²) in [5, 5.41) is 10.1. The molecular formula is C16H17F2N7O. The second-order valence-corrected chi connectivity index (χ2v) is 5.73. The lowest BCUT2D eigenvalue weighted by atomic mass is 10.2. The van der Waals surface area contributed by atoms with Crippen molar-refractivity contribution in [2.24, 2.45) is 21.7 Å². The maximum atomic E-state index is 14.6. The molecule has 0 amide bonds. The Morgan fingerprint density at radius 2 is 2.00 bits per heavy atom. The molecule has 2 heterocycles. The van der Waals surface area contributed by atoms with Gasteiger partial charge in [-0.1, -0.05) is 0 Å². The highest BCUT2D eigenvalue weighted by atomic mass is 19.1. The molecule has 0 atom stereocenters. The Balaban J connectivity index is 1.83. The largest absolute Gasteiger partial charge is 0.438 e. The minimum absolute atomic E-state index is 0.0635. The number of nitrogens with two attached hydrogens (primary N) is 2. The number of amidine groups is 1. The first-order chi connectivity index (χ1) is 12.4. The summed E-state index contributed by atoms with van der Waals surface area (Å²) in [7, 11) is 0. The summed E-state index contributed by atoms with van der Waals surface area (Å²) in [5.41, 5.74) is 7.31. The lowest BCUT2D eigenvalue weighted by molar-refractivity contribution is 0.482. The fourth-order valence-corrected chi connectivity index (χ4v) is 2.45. The highest BCUT2D eigenvalue weighted by Crippen LogP contribution is 2.29. The van der Waals surface area contributed by atoms with E-state index in [0.29, 0.717) is 11.5 Å². The number of fused-ring (bicyclic) bond motifs is 1. The average molecular weight is 361 g/mol. The molecule has 0 aliphatic rings. The molecule has 0 aliphatic carbocycles. The lowest BCUT2D eigenvalue weighted by Gasteiger charge is -2.09. The molecule has 0 saturated heterocycles. The Hall–Kier alpha value is -3.43. The number of ether oxygens (including phenoxy) is 1. The second kappa shape index (κ2) is 6.82. The number of aromatic nitrogens is 3. The molecule has 8 nitrogen and oxygen atoms in total. The molecule has 10 heteroatoms. The number of benzene rings is 1. The van der Waals surface area contributed by atoms with Crippen molar-refractivity contribution in [2.75, 3.05) is 0 Å². The molecule has 6 N–H and O–H groups in total. The predicted molar refractivity (Wildman–Crippen MR) is 94.4 cm³/mol. The van der Waals surface area contributed by atoms with Gasteiger partial charge in [-0.05, 0) is 19.9 Å². The average Bonchev–Trinajstić information content (AvgIpc) is 3.17. The van der Waals surface area contributed by atoms with Crippen LogP contribution in [-0.4, -0.2) is 26.9 Å². The van der Waals surface area contributed by atoms with Gasteiger partial charge in [0.25, 0.3) is 0 Å². The van der Waals surface area contributed by atoms with Crippen molar-refractivity contribution in [3.8, 4) is 5.75 Å². The standard InChI is InChI=1S/C16H17F2N7O/c1-7-3-9-15(18)11(5-10(17)16(9)21-7)26-14(23-20)6-12(19)22-13-4-8(2)24-25-13/h3-5,21H,6,20H2,1-2H3,(H3,19,22,24,25)/b23-14-. The van der Waals surface area contributed by atoms with Gasteiger partial charge in [0.2, 0.25) is 5.90 Å². The van der Waals surface area contributed by atoms with Crippen molar-refractivity contribution in [1.29, 1.82) is 0 Å². The number of hydrogen-bond acceptors (Lipinski definition) is 5. The van der Waals surface area contributed by atoms with Crippen molar-refractivity contribution in [1.82, 2.24) is 15.2 Å². The summed E-state index contributed by atoms with van der Waals surface area (Å²) in [6.07, 6.45) is -0.104. The van der Waals surface area contributed by atoms with E-state index >= 15 is 0 Å². The van der Waals surface area contributed by atoms with Crippen molar-refractivity contribution < 1.29 is 13.5 Å². The molecule has 0 unspecified atom stereocenters. The van der Waals surface area contributed by atoms with E-state index in [0.717, 1.165) is 11.8 Å². The molecule has 26 heavy (non-hydrogen) atoms. The number of aryl methyl sites for hydroxylation is 2. The molecule has 3 aromatic rings. The summed E-state index contributed by atoms with van der Waals surface area (Å²) in [4.78, 5) is 6.81. The number of nitrogens with zero attached hydrogens (tertiary/aromatic N) is 3. The van der Waals surface area contributed by atoms with E-state index in [9.17, 15) is 8.78 Å². The number of hydrogen-bond donors (Lipinski definition) is 4. The number of aromatic amines is 2. The number of halogens is 2. The zero-order valence-electron chi connectivity index (χ0n) is 14.1. The van der Waals surface area contributed by atoms with E-state index in [2.05, 4.69) is 25.3 Å². The Labute approximate surface area is 146 Å². The Bertz CT molecular complexity index is 1020. The molecule has 0 saturated carbocycles. The molecule has 0 aliphatic heterocycles. The molecule has 3 rings (SSSR count). The van der Waals surface area contributed by atoms with E-state index < -0.39 is 11.6 Å². The Morgan fingerprint density at radius 1 is 1.23 bits per heavy atom. The van der Waals surface area contributed by atoms with Crippen LogP contribution in [0.5, 0.6) is 5.75 Å². The molecule has 136 valence electrons. The molecular weight excluding hydrogens is 344 g/mol. The quantitative estimate of drug-likeness (QED) is 0.246. The van der Waals surface area contributed by atoms with Crippen molar-refractivity contribution >= 4 is 28.5 Å². The Kier molecular flexibility index (Phi) is 4.57. The normalized spacial score (nSPS) is 12.8. The van der Waals surface area contributed by atoms with Gasteiger partial charge < -0.3 is 21.3 Å². The van der Waals surface area contributed by atoms with Crippen LogP contribution in [-0.2, 0) is 0 Å². The van der Waals surface area contributed by atoms with Gasteiger partial charge >= 0.3 is 0 Å². The van der Waals surface area contributed by atoms with E-state index in [1.807, 2.05) is 6.92 Å². The zero-order valence-corrected chi connectivity index (χ0v) is 14.1. The zero-order chi connectivity index (χ0) is 18.8.